The molecule has 5 nitrogen and oxygen atoms in total. The molecule has 0 atom stereocenters. The second-order valence-electron chi connectivity index (χ2n) is 4.63. The fourth-order valence-electron chi connectivity index (χ4n) is 1.83. The van der Waals surface area contributed by atoms with E-state index in [2.05, 4.69) is 15.6 Å². The summed E-state index contributed by atoms with van der Waals surface area (Å²) in [5.74, 6) is 0.0421. The van der Waals surface area contributed by atoms with Gasteiger partial charge in [-0.1, -0.05) is 18.2 Å². The Morgan fingerprint density at radius 3 is 2.77 bits per heavy atom. The lowest BCUT2D eigenvalue weighted by Gasteiger charge is -2.08. The van der Waals surface area contributed by atoms with Crippen LogP contribution in [-0.4, -0.2) is 31.2 Å². The third-order valence-electron chi connectivity index (χ3n) is 3.04. The lowest BCUT2D eigenvalue weighted by Crippen LogP contribution is -2.23. The number of aromatic nitrogens is 1. The Kier molecular flexibility index (Phi) is 5.85. The van der Waals surface area contributed by atoms with E-state index in [1.165, 1.54) is 12.3 Å². The van der Waals surface area contributed by atoms with E-state index >= 15 is 0 Å². The molecule has 2 N–H and O–H groups in total. The van der Waals surface area contributed by atoms with Crippen LogP contribution >= 0.6 is 0 Å². The highest BCUT2D eigenvalue weighted by atomic mass is 19.1. The highest BCUT2D eigenvalue weighted by molar-refractivity contribution is 5.94. The van der Waals surface area contributed by atoms with Crippen molar-refractivity contribution < 1.29 is 13.9 Å². The lowest BCUT2D eigenvalue weighted by molar-refractivity contribution is 0.0950. The zero-order valence-electron chi connectivity index (χ0n) is 12.3. The molecule has 116 valence electrons. The number of rotatable bonds is 7. The molecule has 22 heavy (non-hydrogen) atoms. The Labute approximate surface area is 128 Å². The van der Waals surface area contributed by atoms with Gasteiger partial charge >= 0.3 is 0 Å². The Morgan fingerprint density at radius 1 is 1.27 bits per heavy atom. The van der Waals surface area contributed by atoms with Crippen molar-refractivity contribution in [2.75, 3.05) is 25.6 Å². The van der Waals surface area contributed by atoms with Crippen LogP contribution in [0.1, 0.15) is 15.9 Å². The van der Waals surface area contributed by atoms with E-state index in [9.17, 15) is 9.18 Å². The van der Waals surface area contributed by atoms with E-state index in [4.69, 9.17) is 4.74 Å². The Balaban J connectivity index is 1.88. The maximum atomic E-state index is 13.5. The van der Waals surface area contributed by atoms with Gasteiger partial charge in [-0.15, -0.1) is 0 Å². The maximum absolute atomic E-state index is 13.5. The van der Waals surface area contributed by atoms with Gasteiger partial charge in [-0.25, -0.2) is 9.37 Å². The number of nitrogens with one attached hydrogen (secondary N) is 2. The van der Waals surface area contributed by atoms with Gasteiger partial charge in [0.05, 0.1) is 12.2 Å². The van der Waals surface area contributed by atoms with Crippen LogP contribution in [0.4, 0.5) is 10.2 Å². The molecule has 0 saturated carbocycles. The zero-order valence-corrected chi connectivity index (χ0v) is 12.3. The van der Waals surface area contributed by atoms with Gasteiger partial charge in [0.25, 0.3) is 5.91 Å². The third kappa shape index (κ3) is 4.53. The van der Waals surface area contributed by atoms with Crippen molar-refractivity contribution in [3.8, 4) is 0 Å². The molecule has 1 aromatic heterocycles. The standard InChI is InChI=1S/C16H18FN3O2/c1-22-9-8-18-15-7-6-13(11-19-15)16(21)20-10-12-4-2-3-5-14(12)17/h2-7,11H,8-10H2,1H3,(H,18,19)(H,20,21). The number of hydrogen-bond acceptors (Lipinski definition) is 4. The number of pyridine rings is 1. The van der Waals surface area contributed by atoms with E-state index in [1.807, 2.05) is 0 Å². The van der Waals surface area contributed by atoms with Crippen LogP contribution in [0.2, 0.25) is 0 Å². The molecule has 6 heteroatoms. The van der Waals surface area contributed by atoms with Crippen molar-refractivity contribution >= 4 is 11.7 Å². The summed E-state index contributed by atoms with van der Waals surface area (Å²) in [6.45, 7) is 1.36. The Morgan fingerprint density at radius 2 is 2.09 bits per heavy atom. The second kappa shape index (κ2) is 8.09. The van der Waals surface area contributed by atoms with Crippen LogP contribution in [0.15, 0.2) is 42.6 Å². The van der Waals surface area contributed by atoms with Crippen LogP contribution in [0, 0.1) is 5.82 Å². The molecule has 1 heterocycles. The van der Waals surface area contributed by atoms with Gasteiger partial charge in [0.1, 0.15) is 11.6 Å². The molecule has 0 unspecified atom stereocenters. The number of carbonyl (C=O) groups is 1. The molecule has 2 aromatic rings. The molecule has 1 amide bonds. The van der Waals surface area contributed by atoms with Gasteiger partial charge in [0, 0.05) is 32.0 Å². The molecule has 1 aromatic carbocycles. The molecule has 0 spiro atoms. The number of amides is 1. The Hall–Kier alpha value is -2.47. The molecule has 0 fully saturated rings. The van der Waals surface area contributed by atoms with E-state index in [-0.39, 0.29) is 18.3 Å². The van der Waals surface area contributed by atoms with Crippen LogP contribution < -0.4 is 10.6 Å². The van der Waals surface area contributed by atoms with Gasteiger partial charge in [-0.3, -0.25) is 4.79 Å². The first kappa shape index (κ1) is 15.9. The van der Waals surface area contributed by atoms with Crippen molar-refractivity contribution in [1.29, 1.82) is 0 Å². The van der Waals surface area contributed by atoms with E-state index in [0.717, 1.165) is 0 Å². The SMILES string of the molecule is COCCNc1ccc(C(=O)NCc2ccccc2F)cn1. The summed E-state index contributed by atoms with van der Waals surface area (Å²) in [6, 6.07) is 9.72. The number of nitrogens with zero attached hydrogens (tertiary/aromatic N) is 1. The van der Waals surface area contributed by atoms with E-state index in [0.29, 0.717) is 30.1 Å². The fourth-order valence-corrected chi connectivity index (χ4v) is 1.83. The number of hydrogen-bond donors (Lipinski definition) is 2. The molecular formula is C16H18FN3O2. The lowest BCUT2D eigenvalue weighted by atomic mass is 10.2. The summed E-state index contributed by atoms with van der Waals surface area (Å²) in [4.78, 5) is 16.1. The van der Waals surface area contributed by atoms with Gasteiger partial charge in [-0.05, 0) is 18.2 Å². The molecule has 0 aliphatic carbocycles. The van der Waals surface area contributed by atoms with Gasteiger partial charge in [0.15, 0.2) is 0 Å². The number of methoxy groups -OCH3 is 1. The fraction of sp³-hybridized carbons (Fsp3) is 0.250. The molecule has 0 aliphatic heterocycles. The van der Waals surface area contributed by atoms with Crippen molar-refractivity contribution in [3.63, 3.8) is 0 Å². The second-order valence-corrected chi connectivity index (χ2v) is 4.63. The maximum Gasteiger partial charge on any atom is 0.253 e. The average molecular weight is 303 g/mol. The average Bonchev–Trinajstić information content (AvgIpc) is 2.55. The summed E-state index contributed by atoms with van der Waals surface area (Å²) in [6.07, 6.45) is 1.48. The summed E-state index contributed by atoms with van der Waals surface area (Å²) < 4.78 is 18.4. The minimum atomic E-state index is -0.335. The normalized spacial score (nSPS) is 10.3. The first-order chi connectivity index (χ1) is 10.7. The number of anilines is 1. The van der Waals surface area contributed by atoms with Crippen molar-refractivity contribution in [2.24, 2.45) is 0 Å². The summed E-state index contributed by atoms with van der Waals surface area (Å²) >= 11 is 0. The van der Waals surface area contributed by atoms with Crippen molar-refractivity contribution in [2.45, 2.75) is 6.54 Å². The van der Waals surface area contributed by atoms with E-state index in [1.54, 1.807) is 37.4 Å². The molecule has 0 radical (unpaired) electrons. The van der Waals surface area contributed by atoms with Gasteiger partial charge in [0.2, 0.25) is 0 Å². The van der Waals surface area contributed by atoms with Gasteiger partial charge in [-0.2, -0.15) is 0 Å². The highest BCUT2D eigenvalue weighted by Crippen LogP contribution is 2.08. The quantitative estimate of drug-likeness (QED) is 0.770. The first-order valence-electron chi connectivity index (χ1n) is 6.91. The minimum Gasteiger partial charge on any atom is -0.383 e. The minimum absolute atomic E-state index is 0.138. The van der Waals surface area contributed by atoms with Crippen molar-refractivity contribution in [1.82, 2.24) is 10.3 Å². The molecule has 0 aliphatic rings. The van der Waals surface area contributed by atoms with Crippen molar-refractivity contribution in [3.05, 3.63) is 59.5 Å². The molecule has 0 bridgehead atoms. The number of halogens is 1. The first-order valence-corrected chi connectivity index (χ1v) is 6.91. The van der Waals surface area contributed by atoms with E-state index < -0.39 is 0 Å². The van der Waals surface area contributed by atoms with Crippen LogP contribution in [-0.2, 0) is 11.3 Å². The summed E-state index contributed by atoms with van der Waals surface area (Å²) in [5.41, 5.74) is 0.871. The predicted molar refractivity (Wildman–Crippen MR) is 82.2 cm³/mol. The third-order valence-corrected chi connectivity index (χ3v) is 3.04. The highest BCUT2D eigenvalue weighted by Gasteiger charge is 2.07. The zero-order chi connectivity index (χ0) is 15.8. The van der Waals surface area contributed by atoms with Crippen LogP contribution in [0.25, 0.3) is 0 Å². The predicted octanol–water partition coefficient (Wildman–Crippen LogP) is 2.21. The molecule has 2 rings (SSSR count). The van der Waals surface area contributed by atoms with Crippen LogP contribution in [0.5, 0.6) is 0 Å². The molecule has 0 saturated heterocycles. The largest absolute Gasteiger partial charge is 0.383 e. The molecular weight excluding hydrogens is 285 g/mol. The number of ether oxygens (including phenoxy) is 1. The smallest absolute Gasteiger partial charge is 0.253 e. The van der Waals surface area contributed by atoms with Crippen LogP contribution in [0.3, 0.4) is 0 Å². The number of carbonyl (C=O) groups excluding carboxylic acids is 1. The topological polar surface area (TPSA) is 63.2 Å². The Bertz CT molecular complexity index is 617. The van der Waals surface area contributed by atoms with Gasteiger partial charge < -0.3 is 15.4 Å². The monoisotopic (exact) mass is 303 g/mol. The summed E-state index contributed by atoms with van der Waals surface area (Å²) in [5, 5.41) is 5.73. The number of benzene rings is 1. The summed E-state index contributed by atoms with van der Waals surface area (Å²) in [7, 11) is 1.62.